The second-order valence-corrected chi connectivity index (χ2v) is 4.96. The summed E-state index contributed by atoms with van der Waals surface area (Å²) in [7, 11) is 1.50. The lowest BCUT2D eigenvalue weighted by molar-refractivity contribution is 0.0692. The molecule has 0 aliphatic rings. The molecule has 0 amide bonds. The molecule has 0 radical (unpaired) electrons. The van der Waals surface area contributed by atoms with Gasteiger partial charge in [-0.3, -0.25) is 0 Å². The van der Waals surface area contributed by atoms with Crippen molar-refractivity contribution >= 4 is 17.7 Å². The fourth-order valence-corrected chi connectivity index (χ4v) is 2.03. The largest absolute Gasteiger partial charge is 0.497 e. The van der Waals surface area contributed by atoms with Gasteiger partial charge in [-0.1, -0.05) is 6.92 Å². The molecule has 18 heavy (non-hydrogen) atoms. The van der Waals surface area contributed by atoms with Gasteiger partial charge in [-0.15, -0.1) is 0 Å². The van der Waals surface area contributed by atoms with Gasteiger partial charge in [-0.2, -0.15) is 11.8 Å². The van der Waals surface area contributed by atoms with Crippen molar-refractivity contribution in [2.45, 2.75) is 13.3 Å². The Bertz CT molecular complexity index is 393. The van der Waals surface area contributed by atoms with Crippen LogP contribution in [0.5, 0.6) is 11.5 Å². The lowest BCUT2D eigenvalue weighted by atomic mass is 10.2. The highest BCUT2D eigenvalue weighted by atomic mass is 32.2. The first-order valence-corrected chi connectivity index (χ1v) is 6.96. The molecule has 100 valence electrons. The summed E-state index contributed by atoms with van der Waals surface area (Å²) in [4.78, 5) is 11.1. The first kappa shape index (κ1) is 14.7. The zero-order valence-electron chi connectivity index (χ0n) is 10.6. The minimum atomic E-state index is -1.01. The number of aromatic carboxylic acids is 1. The molecular formula is C13H18O4S. The van der Waals surface area contributed by atoms with E-state index in [1.807, 2.05) is 11.8 Å². The number of carboxylic acid groups (broad SMARTS) is 1. The number of carboxylic acids is 1. The molecule has 1 N–H and O–H groups in total. The van der Waals surface area contributed by atoms with Gasteiger partial charge in [-0.25, -0.2) is 4.79 Å². The average Bonchev–Trinajstić information content (AvgIpc) is 2.38. The maximum absolute atomic E-state index is 11.1. The van der Waals surface area contributed by atoms with Gasteiger partial charge in [-0.05, 0) is 36.1 Å². The van der Waals surface area contributed by atoms with Crippen LogP contribution in [-0.4, -0.2) is 36.3 Å². The van der Waals surface area contributed by atoms with Gasteiger partial charge in [0.15, 0.2) is 0 Å². The van der Waals surface area contributed by atoms with Gasteiger partial charge in [0, 0.05) is 0 Å². The van der Waals surface area contributed by atoms with Gasteiger partial charge in [0.2, 0.25) is 0 Å². The van der Waals surface area contributed by atoms with E-state index in [4.69, 9.17) is 14.6 Å². The number of rotatable bonds is 8. The fraction of sp³-hybridized carbons (Fsp3) is 0.462. The van der Waals surface area contributed by atoms with Crippen LogP contribution in [0.4, 0.5) is 0 Å². The van der Waals surface area contributed by atoms with Gasteiger partial charge in [0.25, 0.3) is 0 Å². The number of thioether (sulfide) groups is 1. The summed E-state index contributed by atoms with van der Waals surface area (Å²) >= 11 is 1.84. The summed E-state index contributed by atoms with van der Waals surface area (Å²) in [6.07, 6.45) is 0.906. The second kappa shape index (κ2) is 7.87. The molecule has 1 aromatic rings. The van der Waals surface area contributed by atoms with Crippen LogP contribution in [0.1, 0.15) is 23.7 Å². The monoisotopic (exact) mass is 270 g/mol. The Morgan fingerprint density at radius 1 is 1.44 bits per heavy atom. The summed E-state index contributed by atoms with van der Waals surface area (Å²) in [6, 6.07) is 4.80. The first-order valence-electron chi connectivity index (χ1n) is 5.81. The maximum atomic E-state index is 11.1. The Kier molecular flexibility index (Phi) is 6.43. The number of methoxy groups -OCH3 is 1. The lowest BCUT2D eigenvalue weighted by Gasteiger charge is -2.10. The second-order valence-electron chi connectivity index (χ2n) is 3.57. The normalized spacial score (nSPS) is 10.1. The third-order valence-corrected chi connectivity index (χ3v) is 3.30. The predicted octanol–water partition coefficient (Wildman–Crippen LogP) is 2.92. The molecule has 0 spiro atoms. The van der Waals surface area contributed by atoms with E-state index < -0.39 is 5.97 Å². The highest BCUT2D eigenvalue weighted by molar-refractivity contribution is 7.99. The molecule has 4 nitrogen and oxygen atoms in total. The van der Waals surface area contributed by atoms with Crippen molar-refractivity contribution in [3.05, 3.63) is 23.8 Å². The van der Waals surface area contributed by atoms with Crippen molar-refractivity contribution in [2.75, 3.05) is 25.2 Å². The first-order chi connectivity index (χ1) is 8.69. The highest BCUT2D eigenvalue weighted by Crippen LogP contribution is 2.24. The zero-order chi connectivity index (χ0) is 13.4. The van der Waals surface area contributed by atoms with Crippen LogP contribution in [0.2, 0.25) is 0 Å². The van der Waals surface area contributed by atoms with Crippen LogP contribution < -0.4 is 9.47 Å². The molecule has 0 heterocycles. The quantitative estimate of drug-likeness (QED) is 0.736. The lowest BCUT2D eigenvalue weighted by Crippen LogP contribution is -2.05. The van der Waals surface area contributed by atoms with E-state index in [9.17, 15) is 4.79 Å². The molecule has 0 saturated carbocycles. The standard InChI is InChI=1S/C13H18O4S/c1-3-18-8-4-7-17-12-6-5-10(16-2)9-11(12)13(14)15/h5-6,9H,3-4,7-8H2,1-2H3,(H,14,15). The van der Waals surface area contributed by atoms with Crippen LogP contribution in [0.3, 0.4) is 0 Å². The highest BCUT2D eigenvalue weighted by Gasteiger charge is 2.12. The number of hydrogen-bond donors (Lipinski definition) is 1. The van der Waals surface area contributed by atoms with Crippen molar-refractivity contribution in [1.29, 1.82) is 0 Å². The molecule has 5 heteroatoms. The van der Waals surface area contributed by atoms with Crippen LogP contribution in [0.15, 0.2) is 18.2 Å². The Morgan fingerprint density at radius 2 is 2.22 bits per heavy atom. The Labute approximate surface area is 111 Å². The molecule has 0 bridgehead atoms. The van der Waals surface area contributed by atoms with Crippen LogP contribution in [0.25, 0.3) is 0 Å². The van der Waals surface area contributed by atoms with Crippen LogP contribution in [0, 0.1) is 0 Å². The maximum Gasteiger partial charge on any atom is 0.339 e. The molecule has 0 saturated heterocycles. The number of carbonyl (C=O) groups is 1. The summed E-state index contributed by atoms with van der Waals surface area (Å²) in [5, 5.41) is 9.09. The van der Waals surface area contributed by atoms with Gasteiger partial charge < -0.3 is 14.6 Å². The molecule has 0 aliphatic heterocycles. The number of benzene rings is 1. The van der Waals surface area contributed by atoms with Crippen molar-refractivity contribution < 1.29 is 19.4 Å². The number of hydrogen-bond acceptors (Lipinski definition) is 4. The third kappa shape index (κ3) is 4.49. The van der Waals surface area contributed by atoms with Crippen molar-refractivity contribution in [3.8, 4) is 11.5 Å². The van der Waals surface area contributed by atoms with E-state index in [-0.39, 0.29) is 5.56 Å². The third-order valence-electron chi connectivity index (χ3n) is 2.31. The topological polar surface area (TPSA) is 55.8 Å². The molecule has 0 fully saturated rings. The van der Waals surface area contributed by atoms with E-state index in [0.717, 1.165) is 17.9 Å². The Hall–Kier alpha value is -1.36. The van der Waals surface area contributed by atoms with Crippen molar-refractivity contribution in [1.82, 2.24) is 0 Å². The van der Waals surface area contributed by atoms with Crippen molar-refractivity contribution in [3.63, 3.8) is 0 Å². The van der Waals surface area contributed by atoms with Crippen LogP contribution >= 0.6 is 11.8 Å². The molecule has 1 aromatic carbocycles. The minimum Gasteiger partial charge on any atom is -0.497 e. The molecule has 0 unspecified atom stereocenters. The van der Waals surface area contributed by atoms with E-state index in [2.05, 4.69) is 6.92 Å². The predicted molar refractivity (Wildman–Crippen MR) is 73.1 cm³/mol. The fourth-order valence-electron chi connectivity index (χ4n) is 1.42. The van der Waals surface area contributed by atoms with E-state index >= 15 is 0 Å². The van der Waals surface area contributed by atoms with E-state index in [0.29, 0.717) is 18.1 Å². The molecule has 0 atom stereocenters. The van der Waals surface area contributed by atoms with Crippen molar-refractivity contribution in [2.24, 2.45) is 0 Å². The van der Waals surface area contributed by atoms with E-state index in [1.165, 1.54) is 13.2 Å². The molecular weight excluding hydrogens is 252 g/mol. The SMILES string of the molecule is CCSCCCOc1ccc(OC)cc1C(=O)O. The summed E-state index contributed by atoms with van der Waals surface area (Å²) in [5.41, 5.74) is 0.137. The van der Waals surface area contributed by atoms with Crippen LogP contribution in [-0.2, 0) is 0 Å². The minimum absolute atomic E-state index is 0.137. The summed E-state index contributed by atoms with van der Waals surface area (Å²) in [5.74, 6) is 2.01. The van der Waals surface area contributed by atoms with Gasteiger partial charge in [0.1, 0.15) is 17.1 Å². The smallest absolute Gasteiger partial charge is 0.339 e. The van der Waals surface area contributed by atoms with Gasteiger partial charge in [0.05, 0.1) is 13.7 Å². The van der Waals surface area contributed by atoms with Gasteiger partial charge >= 0.3 is 5.97 Å². The number of ether oxygens (including phenoxy) is 2. The zero-order valence-corrected chi connectivity index (χ0v) is 11.5. The Morgan fingerprint density at radius 3 is 2.83 bits per heavy atom. The summed E-state index contributed by atoms with van der Waals surface area (Å²) < 4.78 is 10.5. The molecule has 0 aromatic heterocycles. The summed E-state index contributed by atoms with van der Waals surface area (Å²) in [6.45, 7) is 2.64. The molecule has 1 rings (SSSR count). The Balaban J connectivity index is 2.61. The molecule has 0 aliphatic carbocycles. The van der Waals surface area contributed by atoms with E-state index in [1.54, 1.807) is 12.1 Å². The average molecular weight is 270 g/mol.